The monoisotopic (exact) mass is 790 g/mol. The summed E-state index contributed by atoms with van der Waals surface area (Å²) < 4.78 is 16.0. The Morgan fingerprint density at radius 3 is 2.05 bits per heavy atom. The second-order valence-corrected chi connectivity index (χ2v) is 16.1. The van der Waals surface area contributed by atoms with Crippen molar-refractivity contribution in [1.82, 2.24) is 40.4 Å². The first kappa shape index (κ1) is 38.7. The Hall–Kier alpha value is -6.12. The number of imidazole rings is 2. The number of rotatable bonds is 9. The second kappa shape index (κ2) is 15.7. The van der Waals surface area contributed by atoms with Gasteiger partial charge in [0, 0.05) is 24.0 Å². The van der Waals surface area contributed by atoms with Crippen molar-refractivity contribution in [3.8, 4) is 28.1 Å². The molecule has 4 N–H and O–H groups in total. The highest BCUT2D eigenvalue weighted by Crippen LogP contribution is 2.43. The van der Waals surface area contributed by atoms with Crippen molar-refractivity contribution in [3.05, 3.63) is 65.9 Å². The van der Waals surface area contributed by atoms with E-state index in [1.165, 1.54) is 14.2 Å². The summed E-state index contributed by atoms with van der Waals surface area (Å²) in [6.45, 7) is 9.15. The average molecular weight is 791 g/mol. The average Bonchev–Trinajstić information content (AvgIpc) is 4.06. The van der Waals surface area contributed by atoms with E-state index in [1.807, 2.05) is 49.8 Å². The number of nitrogens with one attached hydrogen (secondary N) is 4. The number of nitrogens with zero attached hydrogens (tertiary/aromatic N) is 4. The van der Waals surface area contributed by atoms with Crippen LogP contribution in [0.25, 0.3) is 44.2 Å². The maximum atomic E-state index is 13.7. The fourth-order valence-electron chi connectivity index (χ4n) is 8.67. The van der Waals surface area contributed by atoms with E-state index in [-0.39, 0.29) is 35.7 Å². The Labute approximate surface area is 336 Å². The van der Waals surface area contributed by atoms with Crippen LogP contribution in [0.15, 0.2) is 48.7 Å². The lowest BCUT2D eigenvalue weighted by Gasteiger charge is -2.30. The highest BCUT2D eigenvalue weighted by Gasteiger charge is 2.39. The Morgan fingerprint density at radius 1 is 0.793 bits per heavy atom. The second-order valence-electron chi connectivity index (χ2n) is 16.1. The molecular weight excluding hydrogens is 741 g/mol. The molecule has 3 aliphatic rings. The molecule has 2 fully saturated rings. The summed E-state index contributed by atoms with van der Waals surface area (Å²) >= 11 is 0. The zero-order chi connectivity index (χ0) is 40.8. The van der Waals surface area contributed by atoms with Crippen LogP contribution in [0.4, 0.5) is 9.59 Å². The zero-order valence-electron chi connectivity index (χ0n) is 33.7. The van der Waals surface area contributed by atoms with Crippen LogP contribution < -0.4 is 15.4 Å². The van der Waals surface area contributed by atoms with Crippen molar-refractivity contribution in [3.63, 3.8) is 0 Å². The minimum Gasteiger partial charge on any atom is -0.488 e. The predicted octanol–water partition coefficient (Wildman–Crippen LogP) is 6.75. The molecule has 8 rings (SSSR count). The molecule has 304 valence electrons. The molecule has 5 aromatic rings. The highest BCUT2D eigenvalue weighted by atomic mass is 16.5. The van der Waals surface area contributed by atoms with Crippen molar-refractivity contribution in [2.45, 2.75) is 84.2 Å². The summed E-state index contributed by atoms with van der Waals surface area (Å²) in [5, 5.41) is 7.38. The van der Waals surface area contributed by atoms with Gasteiger partial charge < -0.3 is 44.6 Å². The number of carbonyl (C=O) groups is 4. The molecule has 0 bridgehead atoms. The van der Waals surface area contributed by atoms with E-state index in [1.54, 1.807) is 0 Å². The van der Waals surface area contributed by atoms with Crippen LogP contribution >= 0.6 is 0 Å². The molecule has 2 aromatic heterocycles. The Morgan fingerprint density at radius 2 is 1.43 bits per heavy atom. The number of carbonyl (C=O) groups excluding carboxylic acids is 4. The first-order valence-electron chi connectivity index (χ1n) is 20.0. The Balaban J connectivity index is 1.03. The van der Waals surface area contributed by atoms with Gasteiger partial charge in [-0.1, -0.05) is 45.9 Å². The molecule has 0 spiro atoms. The smallest absolute Gasteiger partial charge is 0.407 e. The molecule has 4 amide bonds. The number of hydrogen-bond donors (Lipinski definition) is 4. The van der Waals surface area contributed by atoms with Gasteiger partial charge in [0.2, 0.25) is 11.8 Å². The number of aromatic amines is 2. The molecule has 3 aromatic carbocycles. The zero-order valence-corrected chi connectivity index (χ0v) is 33.7. The lowest BCUT2D eigenvalue weighted by Crippen LogP contribution is -2.51. The minimum atomic E-state index is -0.708. The van der Waals surface area contributed by atoms with Crippen LogP contribution in [0.5, 0.6) is 5.75 Å². The summed E-state index contributed by atoms with van der Waals surface area (Å²) in [6, 6.07) is 12.7. The fraction of sp³-hybridized carbons (Fsp3) is 0.442. The van der Waals surface area contributed by atoms with Crippen LogP contribution in [-0.4, -0.2) is 93.1 Å². The molecule has 0 radical (unpaired) electrons. The molecule has 58 heavy (non-hydrogen) atoms. The fourth-order valence-corrected chi connectivity index (χ4v) is 8.67. The maximum Gasteiger partial charge on any atom is 0.407 e. The summed E-state index contributed by atoms with van der Waals surface area (Å²) in [6.07, 6.45) is 3.74. The van der Waals surface area contributed by atoms with E-state index in [9.17, 15) is 19.2 Å². The topological polar surface area (TPSA) is 184 Å². The lowest BCUT2D eigenvalue weighted by atomic mass is 9.92. The Bertz CT molecular complexity index is 2400. The third-order valence-electron chi connectivity index (χ3n) is 11.8. The number of amides is 4. The maximum absolute atomic E-state index is 13.7. The summed E-state index contributed by atoms with van der Waals surface area (Å²) in [4.78, 5) is 71.8. The van der Waals surface area contributed by atoms with E-state index in [2.05, 4.69) is 57.0 Å². The molecule has 2 saturated heterocycles. The van der Waals surface area contributed by atoms with Crippen molar-refractivity contribution in [2.24, 2.45) is 11.8 Å². The van der Waals surface area contributed by atoms with Gasteiger partial charge in [-0.2, -0.15) is 0 Å². The van der Waals surface area contributed by atoms with Gasteiger partial charge in [0.25, 0.3) is 0 Å². The van der Waals surface area contributed by atoms with E-state index in [4.69, 9.17) is 24.2 Å². The summed E-state index contributed by atoms with van der Waals surface area (Å²) in [7, 11) is 2.58. The lowest BCUT2D eigenvalue weighted by molar-refractivity contribution is -0.136. The normalized spacial score (nSPS) is 18.6. The van der Waals surface area contributed by atoms with Gasteiger partial charge in [0.15, 0.2) is 0 Å². The number of H-pyrrole nitrogens is 2. The molecule has 1 unspecified atom stereocenters. The number of ether oxygens (including phenoxy) is 3. The summed E-state index contributed by atoms with van der Waals surface area (Å²) in [5.41, 5.74) is 6.60. The third-order valence-corrected chi connectivity index (χ3v) is 11.8. The van der Waals surface area contributed by atoms with Gasteiger partial charge in [0.05, 0.1) is 49.2 Å². The molecule has 5 heterocycles. The number of hydrogen-bond acceptors (Lipinski definition) is 9. The molecular formula is C43H50N8O7. The number of likely N-dealkylation sites (tertiary alicyclic amines) is 2. The van der Waals surface area contributed by atoms with Gasteiger partial charge in [-0.05, 0) is 83.9 Å². The SMILES string of the molecule is COC(=O)NC(C(=O)N1CCC[C@@H]1c1nc2c(ccc3cc4c(cc32)OCc2cc(-c3cnc([C@@H]5CCCN5C(=O)[C@@H](NC(=O)OC)C(C)C)[nH]3)ccc2-4)[nH]1)C(C)C. The van der Waals surface area contributed by atoms with Gasteiger partial charge in [-0.3, -0.25) is 9.59 Å². The predicted molar refractivity (Wildman–Crippen MR) is 217 cm³/mol. The third kappa shape index (κ3) is 7.06. The highest BCUT2D eigenvalue weighted by molar-refractivity contribution is 6.07. The van der Waals surface area contributed by atoms with E-state index in [0.29, 0.717) is 25.5 Å². The van der Waals surface area contributed by atoms with Crippen molar-refractivity contribution < 1.29 is 33.4 Å². The van der Waals surface area contributed by atoms with Crippen LogP contribution in [0, 0.1) is 11.8 Å². The number of aromatic nitrogens is 4. The largest absolute Gasteiger partial charge is 0.488 e. The minimum absolute atomic E-state index is 0.116. The molecule has 4 atom stereocenters. The van der Waals surface area contributed by atoms with Crippen molar-refractivity contribution >= 4 is 45.8 Å². The van der Waals surface area contributed by atoms with Crippen LogP contribution in [0.1, 0.15) is 82.7 Å². The van der Waals surface area contributed by atoms with Gasteiger partial charge in [0.1, 0.15) is 36.1 Å². The van der Waals surface area contributed by atoms with Crippen molar-refractivity contribution in [2.75, 3.05) is 27.3 Å². The van der Waals surface area contributed by atoms with Gasteiger partial charge in [-0.25, -0.2) is 19.6 Å². The molecule has 15 heteroatoms. The van der Waals surface area contributed by atoms with Gasteiger partial charge >= 0.3 is 12.2 Å². The van der Waals surface area contributed by atoms with Crippen LogP contribution in [-0.2, 0) is 25.7 Å². The van der Waals surface area contributed by atoms with Crippen LogP contribution in [0.3, 0.4) is 0 Å². The van der Waals surface area contributed by atoms with Gasteiger partial charge in [-0.15, -0.1) is 0 Å². The Kier molecular flexibility index (Phi) is 10.5. The van der Waals surface area contributed by atoms with Crippen LogP contribution in [0.2, 0.25) is 0 Å². The molecule has 15 nitrogen and oxygen atoms in total. The first-order valence-corrected chi connectivity index (χ1v) is 20.0. The molecule has 0 saturated carbocycles. The number of alkyl carbamates (subject to hydrolysis) is 2. The number of methoxy groups -OCH3 is 2. The number of benzene rings is 3. The van der Waals surface area contributed by atoms with E-state index in [0.717, 1.165) is 87.0 Å². The molecule has 0 aliphatic carbocycles. The van der Waals surface area contributed by atoms with Crippen molar-refractivity contribution in [1.29, 1.82) is 0 Å². The quantitative estimate of drug-likeness (QED) is 0.125. The standard InChI is InChI=1S/C43H50N8O7/c1-22(2)35(48-42(54)56-5)40(52)50-15-7-9-32(50)38-44-20-31(46-38)25-11-13-27-26(17-25)21-58-34-19-28-24(18-29(27)34)12-14-30-37(28)47-39(45-30)33-10-8-16-51(33)41(53)36(23(3)4)49-43(55)57-6/h11-14,17-20,22-23,32-33,35-36H,7-10,15-16,21H2,1-6H3,(H,44,46)(H,45,47)(H,48,54)(H,49,55)/t32-,33+,35-,36?/m0/s1. The molecule has 3 aliphatic heterocycles. The first-order chi connectivity index (χ1) is 27.9. The number of fused-ring (bicyclic) bond motifs is 6. The van der Waals surface area contributed by atoms with E-state index >= 15 is 0 Å². The summed E-state index contributed by atoms with van der Waals surface area (Å²) in [5.74, 6) is 1.66. The van der Waals surface area contributed by atoms with E-state index < -0.39 is 24.3 Å².